The molecule has 3 aliphatic rings. The predicted molar refractivity (Wildman–Crippen MR) is 126 cm³/mol. The smallest absolute Gasteiger partial charge is 0.408 e. The first-order chi connectivity index (χ1) is 16.5. The van der Waals surface area contributed by atoms with E-state index in [0.29, 0.717) is 38.0 Å². The van der Waals surface area contributed by atoms with Crippen LogP contribution >= 0.6 is 11.8 Å². The second-order valence-electron chi connectivity index (χ2n) is 8.63. The van der Waals surface area contributed by atoms with Crippen LogP contribution in [0.5, 0.6) is 0 Å². The van der Waals surface area contributed by atoms with Crippen LogP contribution in [0.15, 0.2) is 30.3 Å². The van der Waals surface area contributed by atoms with Gasteiger partial charge in [-0.15, -0.1) is 18.2 Å². The zero-order chi connectivity index (χ0) is 24.1. The number of nitrogens with zero attached hydrogens (tertiary/aromatic N) is 1. The van der Waals surface area contributed by atoms with E-state index < -0.39 is 24.2 Å². The molecule has 0 bridgehead atoms. The summed E-state index contributed by atoms with van der Waals surface area (Å²) >= 11 is 1.55. The van der Waals surface area contributed by atoms with Crippen molar-refractivity contribution in [3.8, 4) is 12.3 Å². The minimum Gasteiger partial charge on any atom is -0.445 e. The number of ether oxygens (including phenoxy) is 1. The van der Waals surface area contributed by atoms with Gasteiger partial charge in [0.05, 0.1) is 11.4 Å². The minimum atomic E-state index is -0.751. The number of alkyl carbamates (subject to hydrolysis) is 1. The maximum Gasteiger partial charge on any atom is 0.408 e. The van der Waals surface area contributed by atoms with E-state index in [1.54, 1.807) is 16.7 Å². The highest BCUT2D eigenvalue weighted by Crippen LogP contribution is 2.36. The number of amides is 4. The van der Waals surface area contributed by atoms with Crippen LogP contribution in [0.1, 0.15) is 31.2 Å². The summed E-state index contributed by atoms with van der Waals surface area (Å²) in [7, 11) is 0. The van der Waals surface area contributed by atoms with Gasteiger partial charge in [-0.1, -0.05) is 36.3 Å². The number of piperidine rings is 1. The van der Waals surface area contributed by atoms with Gasteiger partial charge in [-0.05, 0) is 31.2 Å². The van der Waals surface area contributed by atoms with Crippen molar-refractivity contribution in [2.24, 2.45) is 5.92 Å². The third-order valence-electron chi connectivity index (χ3n) is 6.36. The van der Waals surface area contributed by atoms with E-state index in [2.05, 4.69) is 21.9 Å². The molecule has 1 aromatic rings. The normalized spacial score (nSPS) is 26.7. The molecule has 5 atom stereocenters. The Hall–Kier alpha value is -3.19. The lowest BCUT2D eigenvalue weighted by molar-refractivity contribution is -0.143. The van der Waals surface area contributed by atoms with E-state index in [4.69, 9.17) is 11.2 Å². The molecule has 3 N–H and O–H groups in total. The Morgan fingerprint density at radius 2 is 2.03 bits per heavy atom. The largest absolute Gasteiger partial charge is 0.445 e. The van der Waals surface area contributed by atoms with Crippen LogP contribution in [0.25, 0.3) is 0 Å². The SMILES string of the molecule is C#C[C@H](C[C@@H]1CCNC1=O)NC(=O)[C@@H]1CS[C@H]2CC[C@H](NC(=O)OCc3ccccc3)C(=O)N21. The zero-order valence-electron chi connectivity index (χ0n) is 18.7. The summed E-state index contributed by atoms with van der Waals surface area (Å²) in [6, 6.07) is 7.24. The van der Waals surface area contributed by atoms with E-state index in [0.717, 1.165) is 5.56 Å². The number of carbonyl (C=O) groups is 4. The van der Waals surface area contributed by atoms with Crippen LogP contribution in [0, 0.1) is 18.3 Å². The van der Waals surface area contributed by atoms with Crippen LogP contribution in [0.4, 0.5) is 4.79 Å². The fraction of sp³-hybridized carbons (Fsp3) is 0.500. The number of hydrogen-bond donors (Lipinski definition) is 3. The molecule has 1 aromatic carbocycles. The van der Waals surface area contributed by atoms with Gasteiger partial charge in [-0.25, -0.2) is 4.79 Å². The van der Waals surface area contributed by atoms with Gasteiger partial charge < -0.3 is 25.6 Å². The van der Waals surface area contributed by atoms with E-state index in [-0.39, 0.29) is 35.6 Å². The van der Waals surface area contributed by atoms with Gasteiger partial charge in [0.25, 0.3) is 0 Å². The molecule has 4 rings (SSSR count). The molecule has 10 heteroatoms. The fourth-order valence-electron chi connectivity index (χ4n) is 4.53. The van der Waals surface area contributed by atoms with Crippen LogP contribution in [-0.4, -0.2) is 64.5 Å². The maximum absolute atomic E-state index is 13.2. The number of fused-ring (bicyclic) bond motifs is 1. The highest BCUT2D eigenvalue weighted by molar-refractivity contribution is 8.00. The van der Waals surface area contributed by atoms with Crippen LogP contribution in [0.3, 0.4) is 0 Å². The first-order valence-electron chi connectivity index (χ1n) is 11.4. The van der Waals surface area contributed by atoms with Gasteiger partial charge in [-0.3, -0.25) is 14.4 Å². The molecule has 3 heterocycles. The molecule has 3 aliphatic heterocycles. The van der Waals surface area contributed by atoms with E-state index in [9.17, 15) is 19.2 Å². The average molecular weight is 485 g/mol. The number of hydrogen-bond acceptors (Lipinski definition) is 6. The van der Waals surface area contributed by atoms with Gasteiger partial charge in [0.1, 0.15) is 18.7 Å². The molecule has 0 aromatic heterocycles. The minimum absolute atomic E-state index is 0.0507. The van der Waals surface area contributed by atoms with Crippen molar-refractivity contribution >= 4 is 35.6 Å². The Morgan fingerprint density at radius 1 is 1.24 bits per heavy atom. The molecule has 3 fully saturated rings. The van der Waals surface area contributed by atoms with Crippen molar-refractivity contribution in [2.45, 2.75) is 55.8 Å². The Kier molecular flexibility index (Phi) is 7.63. The van der Waals surface area contributed by atoms with E-state index in [1.807, 2.05) is 30.3 Å². The number of carbonyl (C=O) groups excluding carboxylic acids is 4. The first kappa shape index (κ1) is 24.0. The number of rotatable bonds is 7. The molecule has 0 spiro atoms. The summed E-state index contributed by atoms with van der Waals surface area (Å²) in [5.41, 5.74) is 0.846. The summed E-state index contributed by atoms with van der Waals surface area (Å²) in [4.78, 5) is 51.9. The molecule has 3 saturated heterocycles. The maximum atomic E-state index is 13.2. The molecule has 34 heavy (non-hydrogen) atoms. The number of thioether (sulfide) groups is 1. The summed E-state index contributed by atoms with van der Waals surface area (Å²) in [5.74, 6) is 2.10. The van der Waals surface area contributed by atoms with Crippen LogP contribution < -0.4 is 16.0 Å². The van der Waals surface area contributed by atoms with Gasteiger partial charge in [0.2, 0.25) is 17.7 Å². The fourth-order valence-corrected chi connectivity index (χ4v) is 5.96. The molecule has 9 nitrogen and oxygen atoms in total. The molecule has 0 unspecified atom stereocenters. The highest BCUT2D eigenvalue weighted by Gasteiger charge is 2.47. The molecular formula is C24H28N4O5S. The summed E-state index contributed by atoms with van der Waals surface area (Å²) in [6.07, 6.45) is 7.12. The zero-order valence-corrected chi connectivity index (χ0v) is 19.5. The Bertz CT molecular complexity index is 981. The average Bonchev–Trinajstić information content (AvgIpc) is 3.46. The molecule has 4 amide bonds. The molecule has 0 aliphatic carbocycles. The topological polar surface area (TPSA) is 117 Å². The van der Waals surface area contributed by atoms with Crippen LogP contribution in [-0.2, 0) is 25.7 Å². The summed E-state index contributed by atoms with van der Waals surface area (Å²) in [6.45, 7) is 0.716. The van der Waals surface area contributed by atoms with Gasteiger partial charge in [0, 0.05) is 18.2 Å². The molecule has 180 valence electrons. The number of nitrogens with one attached hydrogen (secondary N) is 3. The molecule has 0 radical (unpaired) electrons. The standard InChI is InChI=1S/C24H28N4O5S/c1-2-17(12-16-10-11-25-21(16)29)26-22(30)19-14-34-20-9-8-18(23(31)28(19)20)27-24(32)33-13-15-6-4-3-5-7-15/h1,3-7,16-20H,8-14H2,(H,25,29)(H,26,30)(H,27,32)/t16-,17+,18-,19-,20-/m0/s1. The van der Waals surface area contributed by atoms with Crippen LogP contribution in [0.2, 0.25) is 0 Å². The predicted octanol–water partition coefficient (Wildman–Crippen LogP) is 0.990. The lowest BCUT2D eigenvalue weighted by Crippen LogP contribution is -2.59. The van der Waals surface area contributed by atoms with Gasteiger partial charge >= 0.3 is 6.09 Å². The molecular weight excluding hydrogens is 456 g/mol. The van der Waals surface area contributed by atoms with Crippen molar-refractivity contribution in [3.05, 3.63) is 35.9 Å². The third kappa shape index (κ3) is 5.47. The lowest BCUT2D eigenvalue weighted by Gasteiger charge is -2.37. The second kappa shape index (κ2) is 10.8. The van der Waals surface area contributed by atoms with Crippen molar-refractivity contribution in [3.63, 3.8) is 0 Å². The van der Waals surface area contributed by atoms with Crippen molar-refractivity contribution < 1.29 is 23.9 Å². The summed E-state index contributed by atoms with van der Waals surface area (Å²) < 4.78 is 5.24. The van der Waals surface area contributed by atoms with E-state index in [1.165, 1.54) is 0 Å². The van der Waals surface area contributed by atoms with Crippen molar-refractivity contribution in [1.82, 2.24) is 20.9 Å². The number of benzene rings is 1. The Balaban J connectivity index is 1.32. The monoisotopic (exact) mass is 484 g/mol. The van der Waals surface area contributed by atoms with E-state index >= 15 is 0 Å². The highest BCUT2D eigenvalue weighted by atomic mass is 32.2. The lowest BCUT2D eigenvalue weighted by atomic mass is 9.98. The molecule has 0 saturated carbocycles. The van der Waals surface area contributed by atoms with Crippen molar-refractivity contribution in [2.75, 3.05) is 12.3 Å². The summed E-state index contributed by atoms with van der Waals surface area (Å²) in [5, 5.41) is 8.12. The van der Waals surface area contributed by atoms with Gasteiger partial charge in [0.15, 0.2) is 0 Å². The third-order valence-corrected chi connectivity index (χ3v) is 7.71. The second-order valence-corrected chi connectivity index (χ2v) is 9.84. The first-order valence-corrected chi connectivity index (χ1v) is 12.5. The number of terminal acetylenes is 1. The Labute approximate surface area is 202 Å². The Morgan fingerprint density at radius 3 is 2.74 bits per heavy atom. The quantitative estimate of drug-likeness (QED) is 0.497. The van der Waals surface area contributed by atoms with Gasteiger partial charge in [-0.2, -0.15) is 0 Å². The van der Waals surface area contributed by atoms with Crippen molar-refractivity contribution in [1.29, 1.82) is 0 Å².